The predicted octanol–water partition coefficient (Wildman–Crippen LogP) is 3.92. The van der Waals surface area contributed by atoms with E-state index in [2.05, 4.69) is 32.7 Å². The zero-order valence-electron chi connectivity index (χ0n) is 13.3. The number of hydrogen-bond donors (Lipinski definition) is 2. The average molecular weight is 428 g/mol. The van der Waals surface area contributed by atoms with Gasteiger partial charge in [-0.2, -0.15) is 0 Å². The van der Waals surface area contributed by atoms with Crippen LogP contribution in [0.3, 0.4) is 0 Å². The van der Waals surface area contributed by atoms with E-state index < -0.39 is 0 Å². The molecule has 0 unspecified atom stereocenters. The van der Waals surface area contributed by atoms with Crippen molar-refractivity contribution in [3.63, 3.8) is 0 Å². The van der Waals surface area contributed by atoms with E-state index >= 15 is 0 Å². The van der Waals surface area contributed by atoms with Crippen molar-refractivity contribution in [3.8, 4) is 11.5 Å². The normalized spacial score (nSPS) is 15.9. The minimum absolute atomic E-state index is 0. The fourth-order valence-electron chi connectivity index (χ4n) is 2.77. The smallest absolute Gasteiger partial charge is 0.172 e. The Bertz CT molecular complexity index is 497. The monoisotopic (exact) mass is 426 g/mol. The van der Waals surface area contributed by atoms with Crippen LogP contribution in [0.1, 0.15) is 24.4 Å². The summed E-state index contributed by atoms with van der Waals surface area (Å²) in [6.45, 7) is 7.92. The summed E-state index contributed by atoms with van der Waals surface area (Å²) in [7, 11) is 1.58. The van der Waals surface area contributed by atoms with Crippen molar-refractivity contribution in [2.75, 3.05) is 33.3 Å². The molecule has 0 radical (unpaired) electrons. The Morgan fingerprint density at radius 1 is 1.39 bits per heavy atom. The Kier molecular flexibility index (Phi) is 10.9. The highest BCUT2D eigenvalue weighted by Crippen LogP contribution is 2.39. The Labute approximate surface area is 159 Å². The molecule has 2 N–H and O–H groups in total. The molecule has 1 heterocycles. The van der Waals surface area contributed by atoms with Crippen molar-refractivity contribution in [1.82, 2.24) is 10.2 Å². The van der Waals surface area contributed by atoms with Crippen molar-refractivity contribution < 1.29 is 9.84 Å². The van der Waals surface area contributed by atoms with E-state index in [1.165, 1.54) is 5.56 Å². The summed E-state index contributed by atoms with van der Waals surface area (Å²) in [6.07, 6.45) is 3.95. The largest absolute Gasteiger partial charge is 0.503 e. The van der Waals surface area contributed by atoms with Gasteiger partial charge in [-0.3, -0.25) is 4.90 Å². The van der Waals surface area contributed by atoms with Crippen LogP contribution in [0.15, 0.2) is 29.3 Å². The summed E-state index contributed by atoms with van der Waals surface area (Å²) >= 11 is 3.42. The third kappa shape index (κ3) is 5.84. The minimum atomic E-state index is 0. The van der Waals surface area contributed by atoms with Crippen LogP contribution in [0.5, 0.6) is 11.5 Å². The van der Waals surface area contributed by atoms with Crippen LogP contribution in [-0.4, -0.2) is 43.3 Å². The van der Waals surface area contributed by atoms with Gasteiger partial charge in [0.2, 0.25) is 0 Å². The van der Waals surface area contributed by atoms with Gasteiger partial charge in [0.15, 0.2) is 11.5 Å². The van der Waals surface area contributed by atoms with Gasteiger partial charge < -0.3 is 15.2 Å². The van der Waals surface area contributed by atoms with Gasteiger partial charge >= 0.3 is 0 Å². The Morgan fingerprint density at radius 2 is 2.04 bits per heavy atom. The molecule has 2 rings (SSSR count). The van der Waals surface area contributed by atoms with Crippen LogP contribution in [0.4, 0.5) is 0 Å². The molecule has 0 aliphatic carbocycles. The molecule has 1 atom stereocenters. The first-order valence-electron chi connectivity index (χ1n) is 7.29. The number of aromatic hydroxyl groups is 1. The maximum Gasteiger partial charge on any atom is 0.172 e. The molecule has 0 bridgehead atoms. The molecule has 7 heteroatoms. The van der Waals surface area contributed by atoms with Gasteiger partial charge in [0, 0.05) is 32.2 Å². The quantitative estimate of drug-likeness (QED) is 0.675. The molecule has 23 heavy (non-hydrogen) atoms. The molecular weight excluding hydrogens is 403 g/mol. The number of methoxy groups -OCH3 is 1. The van der Waals surface area contributed by atoms with Gasteiger partial charge in [-0.15, -0.1) is 31.4 Å². The number of phenolic OH excluding ortho intramolecular Hbond substituents is 1. The highest BCUT2D eigenvalue weighted by atomic mass is 79.9. The van der Waals surface area contributed by atoms with Gasteiger partial charge in [0.25, 0.3) is 0 Å². The molecule has 1 aliphatic rings. The van der Waals surface area contributed by atoms with E-state index in [-0.39, 0.29) is 30.6 Å². The van der Waals surface area contributed by atoms with Crippen LogP contribution in [-0.2, 0) is 0 Å². The summed E-state index contributed by atoms with van der Waals surface area (Å²) in [5, 5.41) is 13.4. The number of nitrogens with zero attached hydrogens (tertiary/aromatic N) is 1. The van der Waals surface area contributed by atoms with E-state index in [4.69, 9.17) is 4.74 Å². The second kappa shape index (κ2) is 11.2. The number of allylic oxidation sites excluding steroid dienone is 1. The zero-order chi connectivity index (χ0) is 15.2. The second-order valence-corrected chi connectivity index (χ2v) is 6.08. The lowest BCUT2D eigenvalue weighted by molar-refractivity contribution is 0.166. The third-order valence-corrected chi connectivity index (χ3v) is 4.50. The van der Waals surface area contributed by atoms with Gasteiger partial charge in [0.05, 0.1) is 11.6 Å². The summed E-state index contributed by atoms with van der Waals surface area (Å²) in [5.74, 6) is 0.669. The lowest BCUT2D eigenvalue weighted by atomic mass is 9.99. The van der Waals surface area contributed by atoms with Crippen molar-refractivity contribution in [3.05, 3.63) is 34.8 Å². The van der Waals surface area contributed by atoms with E-state index in [9.17, 15) is 5.11 Å². The van der Waals surface area contributed by atoms with Crippen molar-refractivity contribution in [1.29, 1.82) is 0 Å². The number of nitrogens with one attached hydrogen (secondary N) is 1. The Balaban J connectivity index is 0.00000242. The molecule has 0 spiro atoms. The first-order chi connectivity index (χ1) is 10.2. The number of rotatable bonds is 6. The minimum Gasteiger partial charge on any atom is -0.503 e. The summed E-state index contributed by atoms with van der Waals surface area (Å²) < 4.78 is 5.95. The first kappa shape index (κ1) is 22.5. The average Bonchev–Trinajstić information content (AvgIpc) is 2.52. The highest BCUT2D eigenvalue weighted by Gasteiger charge is 2.23. The number of hydrogen-bond acceptors (Lipinski definition) is 4. The second-order valence-electron chi connectivity index (χ2n) is 5.22. The lowest BCUT2D eigenvalue weighted by Gasteiger charge is -2.35. The van der Waals surface area contributed by atoms with Gasteiger partial charge in [-0.25, -0.2) is 0 Å². The Morgan fingerprint density at radius 3 is 2.61 bits per heavy atom. The molecule has 0 saturated carbocycles. The van der Waals surface area contributed by atoms with E-state index in [0.29, 0.717) is 16.3 Å². The number of halogens is 3. The Hall–Kier alpha value is -0.460. The van der Waals surface area contributed by atoms with E-state index in [0.717, 1.165) is 39.0 Å². The van der Waals surface area contributed by atoms with E-state index in [1.807, 2.05) is 18.2 Å². The number of benzene rings is 1. The van der Waals surface area contributed by atoms with Crippen LogP contribution in [0, 0.1) is 0 Å². The standard InChI is InChI=1S/C16H23BrN2O2.2ClH/c1-3-4-5-14(19-8-6-18-7-9-19)12-10-13(17)16(20)15(11-12)21-2;;/h3,10-11,14,18,20H,1,4-9H2,2H3;2*1H/t14-;;/m1../s1. The van der Waals surface area contributed by atoms with Crippen LogP contribution < -0.4 is 10.1 Å². The molecule has 1 fully saturated rings. The first-order valence-corrected chi connectivity index (χ1v) is 8.08. The predicted molar refractivity (Wildman–Crippen MR) is 103 cm³/mol. The van der Waals surface area contributed by atoms with Gasteiger partial charge in [0.1, 0.15) is 0 Å². The molecule has 1 aliphatic heterocycles. The highest BCUT2D eigenvalue weighted by molar-refractivity contribution is 9.10. The SMILES string of the molecule is C=CCC[C@H](c1cc(Br)c(O)c(OC)c1)N1CCNCC1.Cl.Cl. The summed E-state index contributed by atoms with van der Waals surface area (Å²) in [4.78, 5) is 2.48. The van der Waals surface area contributed by atoms with Crippen molar-refractivity contribution in [2.24, 2.45) is 0 Å². The fraction of sp³-hybridized carbons (Fsp3) is 0.500. The summed E-state index contributed by atoms with van der Waals surface area (Å²) in [6, 6.07) is 4.25. The molecular formula is C16H25BrCl2N2O2. The van der Waals surface area contributed by atoms with Gasteiger partial charge in [-0.05, 0) is 46.5 Å². The topological polar surface area (TPSA) is 44.7 Å². The van der Waals surface area contributed by atoms with Crippen LogP contribution >= 0.6 is 40.7 Å². The molecule has 132 valence electrons. The van der Waals surface area contributed by atoms with Crippen molar-refractivity contribution >= 4 is 40.7 Å². The van der Waals surface area contributed by atoms with Crippen LogP contribution in [0.2, 0.25) is 0 Å². The number of piperazine rings is 1. The third-order valence-electron chi connectivity index (χ3n) is 3.89. The molecule has 4 nitrogen and oxygen atoms in total. The van der Waals surface area contributed by atoms with Gasteiger partial charge in [-0.1, -0.05) is 6.08 Å². The van der Waals surface area contributed by atoms with Crippen molar-refractivity contribution in [2.45, 2.75) is 18.9 Å². The number of phenols is 1. The molecule has 1 aromatic carbocycles. The lowest BCUT2D eigenvalue weighted by Crippen LogP contribution is -2.45. The molecule has 1 saturated heterocycles. The zero-order valence-corrected chi connectivity index (χ0v) is 16.5. The summed E-state index contributed by atoms with van der Waals surface area (Å²) in [5.41, 5.74) is 1.17. The fourth-order valence-corrected chi connectivity index (χ4v) is 3.23. The van der Waals surface area contributed by atoms with Crippen LogP contribution in [0.25, 0.3) is 0 Å². The number of ether oxygens (including phenoxy) is 1. The maximum absolute atomic E-state index is 9.98. The molecule has 0 amide bonds. The van der Waals surface area contributed by atoms with E-state index in [1.54, 1.807) is 7.11 Å². The maximum atomic E-state index is 9.98. The molecule has 0 aromatic heterocycles. The molecule has 1 aromatic rings.